The Kier molecular flexibility index (Phi) is 6.41. The van der Waals surface area contributed by atoms with Gasteiger partial charge in [-0.2, -0.15) is 0 Å². The van der Waals surface area contributed by atoms with Crippen LogP contribution in [0.25, 0.3) is 11.5 Å². The lowest BCUT2D eigenvalue weighted by atomic mass is 10.2. The van der Waals surface area contributed by atoms with Gasteiger partial charge in [0.15, 0.2) is 0 Å². The van der Waals surface area contributed by atoms with Crippen molar-refractivity contribution < 1.29 is 13.9 Å². The van der Waals surface area contributed by atoms with E-state index in [0.717, 1.165) is 10.0 Å². The zero-order valence-corrected chi connectivity index (χ0v) is 14.6. The van der Waals surface area contributed by atoms with Gasteiger partial charge >= 0.3 is 0 Å². The fraction of sp³-hybridized carbons (Fsp3) is 0.357. The Balaban J connectivity index is 1.95. The lowest BCUT2D eigenvalue weighted by Gasteiger charge is -2.08. The van der Waals surface area contributed by atoms with E-state index in [0.29, 0.717) is 24.3 Å². The third kappa shape index (κ3) is 4.82. The molecule has 0 saturated heterocycles. The van der Waals surface area contributed by atoms with Gasteiger partial charge in [0.25, 0.3) is 5.22 Å². The second-order valence-electron chi connectivity index (χ2n) is 4.43. The molecule has 6 nitrogen and oxygen atoms in total. The van der Waals surface area contributed by atoms with E-state index in [4.69, 9.17) is 9.15 Å². The molecule has 1 atom stereocenters. The number of hydrogen-bond donors (Lipinski definition) is 1. The standard InChI is InChI=1S/C14H16BrN3O3S/c1-9(12(19)16-6-7-20-2)22-14-18-17-13(21-14)10-4-3-5-11(15)8-10/h3-5,8-9H,6-7H2,1-2H3,(H,16,19)/t9-/m0/s1. The number of nitrogens with one attached hydrogen (secondary N) is 1. The van der Waals surface area contributed by atoms with Crippen molar-refractivity contribution in [2.24, 2.45) is 0 Å². The van der Waals surface area contributed by atoms with Gasteiger partial charge in [-0.25, -0.2) is 0 Å². The van der Waals surface area contributed by atoms with Crippen LogP contribution >= 0.6 is 27.7 Å². The number of ether oxygens (including phenoxy) is 1. The molecule has 0 aliphatic heterocycles. The van der Waals surface area contributed by atoms with Crippen molar-refractivity contribution in [3.8, 4) is 11.5 Å². The number of thioether (sulfide) groups is 1. The molecule has 0 radical (unpaired) electrons. The summed E-state index contributed by atoms with van der Waals surface area (Å²) >= 11 is 4.62. The van der Waals surface area contributed by atoms with E-state index in [1.54, 1.807) is 14.0 Å². The summed E-state index contributed by atoms with van der Waals surface area (Å²) < 4.78 is 11.4. The molecule has 0 bridgehead atoms. The SMILES string of the molecule is COCCNC(=O)[C@H](C)Sc1nnc(-c2cccc(Br)c2)o1. The monoisotopic (exact) mass is 385 g/mol. The molecule has 0 aliphatic carbocycles. The van der Waals surface area contributed by atoms with Crippen molar-refractivity contribution in [1.82, 2.24) is 15.5 Å². The van der Waals surface area contributed by atoms with Crippen LogP contribution in [0.3, 0.4) is 0 Å². The van der Waals surface area contributed by atoms with Crippen molar-refractivity contribution in [3.05, 3.63) is 28.7 Å². The maximum absolute atomic E-state index is 11.9. The third-order valence-electron chi connectivity index (χ3n) is 2.73. The zero-order chi connectivity index (χ0) is 15.9. The number of methoxy groups -OCH3 is 1. The van der Waals surface area contributed by atoms with Crippen LogP contribution in [-0.4, -0.2) is 41.6 Å². The van der Waals surface area contributed by atoms with Gasteiger partial charge in [0.2, 0.25) is 11.8 Å². The maximum atomic E-state index is 11.9. The topological polar surface area (TPSA) is 77.2 Å². The minimum Gasteiger partial charge on any atom is -0.411 e. The van der Waals surface area contributed by atoms with Crippen LogP contribution in [0.1, 0.15) is 6.92 Å². The largest absolute Gasteiger partial charge is 0.411 e. The number of carbonyl (C=O) groups is 1. The van der Waals surface area contributed by atoms with Crippen LogP contribution in [0.5, 0.6) is 0 Å². The Morgan fingerprint density at radius 1 is 1.50 bits per heavy atom. The molecule has 1 amide bonds. The fourth-order valence-corrected chi connectivity index (χ4v) is 2.73. The molecule has 118 valence electrons. The first-order valence-electron chi connectivity index (χ1n) is 6.63. The number of carbonyl (C=O) groups excluding carboxylic acids is 1. The number of aromatic nitrogens is 2. The highest BCUT2D eigenvalue weighted by Gasteiger charge is 2.18. The highest BCUT2D eigenvalue weighted by molar-refractivity contribution is 9.10. The Morgan fingerprint density at radius 3 is 3.05 bits per heavy atom. The molecule has 1 aromatic carbocycles. The Morgan fingerprint density at radius 2 is 2.32 bits per heavy atom. The average Bonchev–Trinajstić information content (AvgIpc) is 2.96. The van der Waals surface area contributed by atoms with Crippen LogP contribution < -0.4 is 5.32 Å². The Bertz CT molecular complexity index is 635. The quantitative estimate of drug-likeness (QED) is 0.583. The van der Waals surface area contributed by atoms with Gasteiger partial charge in [0.05, 0.1) is 11.9 Å². The van der Waals surface area contributed by atoms with E-state index in [-0.39, 0.29) is 11.2 Å². The van der Waals surface area contributed by atoms with Gasteiger partial charge in [-0.1, -0.05) is 33.8 Å². The smallest absolute Gasteiger partial charge is 0.277 e. The number of benzene rings is 1. The molecule has 0 spiro atoms. The first-order chi connectivity index (χ1) is 10.6. The van der Waals surface area contributed by atoms with Crippen molar-refractivity contribution in [3.63, 3.8) is 0 Å². The molecule has 2 rings (SSSR count). The van der Waals surface area contributed by atoms with Crippen LogP contribution in [-0.2, 0) is 9.53 Å². The second kappa shape index (κ2) is 8.30. The van der Waals surface area contributed by atoms with Crippen molar-refractivity contribution in [2.75, 3.05) is 20.3 Å². The summed E-state index contributed by atoms with van der Waals surface area (Å²) in [5, 5.41) is 10.8. The maximum Gasteiger partial charge on any atom is 0.277 e. The summed E-state index contributed by atoms with van der Waals surface area (Å²) in [7, 11) is 1.59. The van der Waals surface area contributed by atoms with Crippen molar-refractivity contribution in [1.29, 1.82) is 0 Å². The first kappa shape index (κ1) is 17.0. The zero-order valence-electron chi connectivity index (χ0n) is 12.2. The summed E-state index contributed by atoms with van der Waals surface area (Å²) in [4.78, 5) is 11.9. The lowest BCUT2D eigenvalue weighted by Crippen LogP contribution is -2.33. The van der Waals surface area contributed by atoms with E-state index in [1.165, 1.54) is 11.8 Å². The number of hydrogen-bond acceptors (Lipinski definition) is 6. The fourth-order valence-electron chi connectivity index (χ4n) is 1.62. The predicted molar refractivity (Wildman–Crippen MR) is 87.6 cm³/mol. The predicted octanol–water partition coefficient (Wildman–Crippen LogP) is 2.74. The molecule has 1 heterocycles. The van der Waals surface area contributed by atoms with Gasteiger partial charge in [0, 0.05) is 23.7 Å². The van der Waals surface area contributed by atoms with E-state index >= 15 is 0 Å². The minimum absolute atomic E-state index is 0.0933. The van der Waals surface area contributed by atoms with Crippen molar-refractivity contribution >= 4 is 33.6 Å². The first-order valence-corrected chi connectivity index (χ1v) is 8.30. The second-order valence-corrected chi connectivity index (χ2v) is 6.64. The molecular weight excluding hydrogens is 370 g/mol. The molecule has 1 aromatic heterocycles. The molecule has 1 N–H and O–H groups in total. The van der Waals surface area contributed by atoms with Crippen LogP contribution in [0.15, 0.2) is 38.4 Å². The van der Waals surface area contributed by atoms with Gasteiger partial charge in [-0.3, -0.25) is 4.79 Å². The molecule has 0 unspecified atom stereocenters. The highest BCUT2D eigenvalue weighted by atomic mass is 79.9. The normalized spacial score (nSPS) is 12.1. The van der Waals surface area contributed by atoms with E-state index in [2.05, 4.69) is 31.4 Å². The van der Waals surface area contributed by atoms with E-state index in [9.17, 15) is 4.79 Å². The number of halogens is 1. The lowest BCUT2D eigenvalue weighted by molar-refractivity contribution is -0.120. The number of rotatable bonds is 7. The molecule has 8 heteroatoms. The van der Waals surface area contributed by atoms with Gasteiger partial charge in [0.1, 0.15) is 0 Å². The van der Waals surface area contributed by atoms with Gasteiger partial charge < -0.3 is 14.5 Å². The van der Waals surface area contributed by atoms with Crippen LogP contribution in [0, 0.1) is 0 Å². The van der Waals surface area contributed by atoms with E-state index < -0.39 is 0 Å². The number of nitrogens with zero attached hydrogens (tertiary/aromatic N) is 2. The summed E-state index contributed by atoms with van der Waals surface area (Å²) in [5.41, 5.74) is 0.825. The Labute approximate surface area is 141 Å². The van der Waals surface area contributed by atoms with Crippen molar-refractivity contribution in [2.45, 2.75) is 17.4 Å². The molecule has 0 fully saturated rings. The van der Waals surface area contributed by atoms with Crippen LogP contribution in [0.4, 0.5) is 0 Å². The molecule has 22 heavy (non-hydrogen) atoms. The summed E-state index contributed by atoms with van der Waals surface area (Å²) in [5.74, 6) is 0.333. The third-order valence-corrected chi connectivity index (χ3v) is 4.16. The van der Waals surface area contributed by atoms with Crippen LogP contribution in [0.2, 0.25) is 0 Å². The Hall–Kier alpha value is -1.38. The summed E-state index contributed by atoms with van der Waals surface area (Å²) in [6.45, 7) is 2.75. The van der Waals surface area contributed by atoms with E-state index in [1.807, 2.05) is 24.3 Å². The van der Waals surface area contributed by atoms with Gasteiger partial charge in [-0.05, 0) is 25.1 Å². The molecular formula is C14H16BrN3O3S. The molecule has 0 aliphatic rings. The number of amides is 1. The highest BCUT2D eigenvalue weighted by Crippen LogP contribution is 2.27. The molecule has 0 saturated carbocycles. The average molecular weight is 386 g/mol. The summed E-state index contributed by atoms with van der Waals surface area (Å²) in [6, 6.07) is 7.58. The summed E-state index contributed by atoms with van der Waals surface area (Å²) in [6.07, 6.45) is 0. The minimum atomic E-state index is -0.326. The molecule has 2 aromatic rings. The van der Waals surface area contributed by atoms with Gasteiger partial charge in [-0.15, -0.1) is 10.2 Å².